The minimum Gasteiger partial charge on any atom is -0.346 e. The largest absolute Gasteiger partial charge is 0.346 e. The minimum atomic E-state index is 0.0376. The quantitative estimate of drug-likeness (QED) is 0.751. The molecule has 21 heavy (non-hydrogen) atoms. The maximum absolute atomic E-state index is 12.2. The average Bonchev–Trinajstić information content (AvgIpc) is 2.41. The SMILES string of the molecule is C=CC(=O)NC1(C(C)CCC)C2CC3CC1CC(C)(C3)C2. The smallest absolute Gasteiger partial charge is 0.243 e. The van der Waals surface area contributed by atoms with Gasteiger partial charge in [-0.3, -0.25) is 4.79 Å². The molecule has 4 aliphatic carbocycles. The van der Waals surface area contributed by atoms with Gasteiger partial charge in [-0.25, -0.2) is 0 Å². The summed E-state index contributed by atoms with van der Waals surface area (Å²) in [6, 6.07) is 0. The second-order valence-electron chi connectivity index (χ2n) is 8.47. The first-order valence-electron chi connectivity index (χ1n) is 8.88. The van der Waals surface area contributed by atoms with Crippen molar-refractivity contribution < 1.29 is 4.79 Å². The van der Waals surface area contributed by atoms with Crippen molar-refractivity contribution in [3.05, 3.63) is 12.7 Å². The van der Waals surface area contributed by atoms with Crippen LogP contribution in [0.2, 0.25) is 0 Å². The number of rotatable bonds is 5. The number of carbonyl (C=O) groups is 1. The molecule has 0 saturated heterocycles. The molecule has 4 bridgehead atoms. The molecule has 3 atom stereocenters. The molecular formula is C19H31NO. The van der Waals surface area contributed by atoms with Crippen molar-refractivity contribution >= 4 is 5.91 Å². The van der Waals surface area contributed by atoms with Gasteiger partial charge >= 0.3 is 0 Å². The van der Waals surface area contributed by atoms with Crippen LogP contribution in [0, 0.1) is 29.1 Å². The lowest BCUT2D eigenvalue weighted by molar-refractivity contribution is -0.148. The van der Waals surface area contributed by atoms with E-state index < -0.39 is 0 Å². The Morgan fingerprint density at radius 1 is 1.33 bits per heavy atom. The van der Waals surface area contributed by atoms with E-state index >= 15 is 0 Å². The highest BCUT2D eigenvalue weighted by Gasteiger charge is 2.62. The summed E-state index contributed by atoms with van der Waals surface area (Å²) in [6.45, 7) is 10.8. The highest BCUT2D eigenvalue weighted by atomic mass is 16.1. The monoisotopic (exact) mass is 289 g/mol. The van der Waals surface area contributed by atoms with Crippen molar-refractivity contribution in [3.63, 3.8) is 0 Å². The molecule has 2 nitrogen and oxygen atoms in total. The van der Waals surface area contributed by atoms with E-state index in [2.05, 4.69) is 32.7 Å². The van der Waals surface area contributed by atoms with E-state index in [1.165, 1.54) is 51.0 Å². The zero-order valence-corrected chi connectivity index (χ0v) is 14.0. The average molecular weight is 289 g/mol. The molecule has 1 N–H and O–H groups in total. The molecular weight excluding hydrogens is 258 g/mol. The van der Waals surface area contributed by atoms with Gasteiger partial charge in [0.25, 0.3) is 0 Å². The molecule has 0 aromatic rings. The van der Waals surface area contributed by atoms with Crippen molar-refractivity contribution in [3.8, 4) is 0 Å². The van der Waals surface area contributed by atoms with Gasteiger partial charge in [0.05, 0.1) is 0 Å². The summed E-state index contributed by atoms with van der Waals surface area (Å²) in [5.41, 5.74) is 0.586. The fraction of sp³-hybridized carbons (Fsp3) is 0.842. The molecule has 0 radical (unpaired) electrons. The van der Waals surface area contributed by atoms with Crippen LogP contribution in [-0.4, -0.2) is 11.4 Å². The molecule has 0 spiro atoms. The van der Waals surface area contributed by atoms with Crippen LogP contribution in [0.3, 0.4) is 0 Å². The van der Waals surface area contributed by atoms with E-state index in [0.29, 0.717) is 23.2 Å². The van der Waals surface area contributed by atoms with Crippen LogP contribution in [0.1, 0.15) is 65.7 Å². The highest BCUT2D eigenvalue weighted by molar-refractivity contribution is 5.87. The van der Waals surface area contributed by atoms with Crippen LogP contribution in [0.15, 0.2) is 12.7 Å². The number of nitrogens with one attached hydrogen (secondary N) is 1. The minimum absolute atomic E-state index is 0.0376. The highest BCUT2D eigenvalue weighted by Crippen LogP contribution is 2.65. The molecule has 3 unspecified atom stereocenters. The molecule has 2 heteroatoms. The molecule has 0 aromatic carbocycles. The molecule has 1 amide bonds. The summed E-state index contributed by atoms with van der Waals surface area (Å²) in [6.07, 6.45) is 10.6. The van der Waals surface area contributed by atoms with Crippen LogP contribution in [0.5, 0.6) is 0 Å². The fourth-order valence-corrected chi connectivity index (χ4v) is 6.50. The molecule has 4 aliphatic rings. The van der Waals surface area contributed by atoms with Crippen molar-refractivity contribution in [2.75, 3.05) is 0 Å². The van der Waals surface area contributed by atoms with Gasteiger partial charge in [0.2, 0.25) is 5.91 Å². The van der Waals surface area contributed by atoms with E-state index in [1.54, 1.807) is 0 Å². The van der Waals surface area contributed by atoms with Gasteiger partial charge in [0.1, 0.15) is 0 Å². The summed E-state index contributed by atoms with van der Waals surface area (Å²) < 4.78 is 0. The number of hydrogen-bond donors (Lipinski definition) is 1. The fourth-order valence-electron chi connectivity index (χ4n) is 6.50. The Morgan fingerprint density at radius 3 is 2.43 bits per heavy atom. The van der Waals surface area contributed by atoms with Gasteiger partial charge in [0, 0.05) is 5.54 Å². The number of hydrogen-bond acceptors (Lipinski definition) is 1. The van der Waals surface area contributed by atoms with Gasteiger partial charge in [0.15, 0.2) is 0 Å². The standard InChI is InChI=1S/C19H31NO/c1-5-7-13(3)19(20-17(21)6-2)15-8-14-9-16(19)12-18(4,10-14)11-15/h6,13-16H,2,5,7-12H2,1,3-4H3,(H,20,21). The third kappa shape index (κ3) is 2.26. The van der Waals surface area contributed by atoms with Gasteiger partial charge in [-0.1, -0.05) is 33.8 Å². The van der Waals surface area contributed by atoms with Crippen LogP contribution < -0.4 is 5.32 Å². The number of carbonyl (C=O) groups excluding carboxylic acids is 1. The topological polar surface area (TPSA) is 29.1 Å². The second-order valence-corrected chi connectivity index (χ2v) is 8.47. The Kier molecular flexibility index (Phi) is 3.70. The number of amides is 1. The Hall–Kier alpha value is -0.790. The lowest BCUT2D eigenvalue weighted by Crippen LogP contribution is -2.70. The molecule has 0 aromatic heterocycles. The summed E-state index contributed by atoms with van der Waals surface area (Å²) in [7, 11) is 0. The summed E-state index contributed by atoms with van der Waals surface area (Å²) in [5.74, 6) is 2.88. The maximum Gasteiger partial charge on any atom is 0.243 e. The van der Waals surface area contributed by atoms with Crippen molar-refractivity contribution in [1.29, 1.82) is 0 Å². The Bertz CT molecular complexity index is 425. The van der Waals surface area contributed by atoms with Crippen LogP contribution in [0.4, 0.5) is 0 Å². The summed E-state index contributed by atoms with van der Waals surface area (Å²) in [5, 5.41) is 3.47. The molecule has 0 aliphatic heterocycles. The predicted octanol–water partition coefficient (Wildman–Crippen LogP) is 4.31. The van der Waals surface area contributed by atoms with E-state index in [4.69, 9.17) is 0 Å². The first kappa shape index (κ1) is 15.1. The Morgan fingerprint density at radius 2 is 1.95 bits per heavy atom. The first-order valence-corrected chi connectivity index (χ1v) is 8.88. The van der Waals surface area contributed by atoms with Gasteiger partial charge in [-0.2, -0.15) is 0 Å². The van der Waals surface area contributed by atoms with Gasteiger partial charge in [-0.05, 0) is 73.7 Å². The normalized spacial score (nSPS) is 45.4. The molecule has 118 valence electrons. The lowest BCUT2D eigenvalue weighted by atomic mass is 9.42. The third-order valence-corrected chi connectivity index (χ3v) is 6.91. The third-order valence-electron chi connectivity index (χ3n) is 6.91. The van der Waals surface area contributed by atoms with E-state index in [-0.39, 0.29) is 11.4 Å². The van der Waals surface area contributed by atoms with Crippen LogP contribution in [-0.2, 0) is 4.79 Å². The van der Waals surface area contributed by atoms with Crippen LogP contribution in [0.25, 0.3) is 0 Å². The van der Waals surface area contributed by atoms with Crippen LogP contribution >= 0.6 is 0 Å². The van der Waals surface area contributed by atoms with Crippen molar-refractivity contribution in [1.82, 2.24) is 5.32 Å². The zero-order chi connectivity index (χ0) is 15.3. The molecule has 4 rings (SSSR count). The zero-order valence-electron chi connectivity index (χ0n) is 14.0. The van der Waals surface area contributed by atoms with Crippen molar-refractivity contribution in [2.45, 2.75) is 71.3 Å². The van der Waals surface area contributed by atoms with E-state index in [1.807, 2.05) is 0 Å². The van der Waals surface area contributed by atoms with E-state index in [9.17, 15) is 4.79 Å². The van der Waals surface area contributed by atoms with Crippen molar-refractivity contribution in [2.24, 2.45) is 29.1 Å². The Labute approximate surface area is 129 Å². The molecule has 0 heterocycles. The molecule has 4 fully saturated rings. The first-order chi connectivity index (χ1) is 9.93. The maximum atomic E-state index is 12.2. The van der Waals surface area contributed by atoms with Gasteiger partial charge < -0.3 is 5.32 Å². The predicted molar refractivity (Wildman–Crippen MR) is 86.8 cm³/mol. The molecule has 4 saturated carbocycles. The summed E-state index contributed by atoms with van der Waals surface area (Å²) >= 11 is 0. The Balaban J connectivity index is 1.96. The lowest BCUT2D eigenvalue weighted by Gasteiger charge is -2.66. The van der Waals surface area contributed by atoms with Gasteiger partial charge in [-0.15, -0.1) is 0 Å². The summed E-state index contributed by atoms with van der Waals surface area (Å²) in [4.78, 5) is 12.2. The second kappa shape index (κ2) is 5.14. The van der Waals surface area contributed by atoms with E-state index in [0.717, 1.165) is 5.92 Å².